The Labute approximate surface area is 176 Å². The summed E-state index contributed by atoms with van der Waals surface area (Å²) in [6.07, 6.45) is 6.74. The molecule has 5 nitrogen and oxygen atoms in total. The molecule has 5 heteroatoms. The van der Waals surface area contributed by atoms with E-state index in [-0.39, 0.29) is 17.9 Å². The second-order valence-electron chi connectivity index (χ2n) is 8.63. The summed E-state index contributed by atoms with van der Waals surface area (Å²) in [6.45, 7) is 8.01. The van der Waals surface area contributed by atoms with Crippen molar-refractivity contribution in [3.8, 4) is 0 Å². The molecule has 1 aliphatic heterocycles. The molecule has 29 heavy (non-hydrogen) atoms. The third-order valence-corrected chi connectivity index (χ3v) is 6.64. The molecule has 2 fully saturated rings. The fraction of sp³-hybridized carbons (Fsp3) is 0.667. The lowest BCUT2D eigenvalue weighted by Crippen LogP contribution is -2.58. The Balaban J connectivity index is 1.64. The smallest absolute Gasteiger partial charge is 0.253 e. The van der Waals surface area contributed by atoms with Crippen LogP contribution in [-0.4, -0.2) is 72.3 Å². The molecule has 1 saturated heterocycles. The van der Waals surface area contributed by atoms with Gasteiger partial charge in [-0.1, -0.05) is 38.8 Å². The number of hydrogen-bond acceptors (Lipinski definition) is 3. The Bertz CT molecular complexity index is 674. The van der Waals surface area contributed by atoms with Gasteiger partial charge in [0.25, 0.3) is 5.91 Å². The summed E-state index contributed by atoms with van der Waals surface area (Å²) in [5.41, 5.74) is 2.02. The summed E-state index contributed by atoms with van der Waals surface area (Å²) in [7, 11) is 1.94. The number of aryl methyl sites for hydroxylation is 1. The van der Waals surface area contributed by atoms with Gasteiger partial charge in [-0.3, -0.25) is 14.5 Å². The molecule has 1 unspecified atom stereocenters. The SMILES string of the molecule is CCCN(C)C(=O)C(C1CCCC1)N1CCN(C(=O)c2ccc(CC)cc2)CC1. The van der Waals surface area contributed by atoms with E-state index in [0.717, 1.165) is 50.9 Å². The Hall–Kier alpha value is -1.88. The number of nitrogens with zero attached hydrogens (tertiary/aromatic N) is 3. The molecule has 1 aromatic carbocycles. The first-order valence-electron chi connectivity index (χ1n) is 11.4. The third-order valence-electron chi connectivity index (χ3n) is 6.64. The van der Waals surface area contributed by atoms with Crippen LogP contribution in [0.3, 0.4) is 0 Å². The molecule has 1 heterocycles. The van der Waals surface area contributed by atoms with Crippen molar-refractivity contribution in [3.05, 3.63) is 35.4 Å². The summed E-state index contributed by atoms with van der Waals surface area (Å²) in [4.78, 5) is 32.3. The zero-order valence-corrected chi connectivity index (χ0v) is 18.4. The zero-order chi connectivity index (χ0) is 20.8. The van der Waals surface area contributed by atoms with Gasteiger partial charge in [0.2, 0.25) is 5.91 Å². The second kappa shape index (κ2) is 10.2. The van der Waals surface area contributed by atoms with Gasteiger partial charge in [0.15, 0.2) is 0 Å². The lowest BCUT2D eigenvalue weighted by atomic mass is 9.94. The van der Waals surface area contributed by atoms with Crippen LogP contribution in [0.4, 0.5) is 0 Å². The third kappa shape index (κ3) is 5.19. The van der Waals surface area contributed by atoms with E-state index >= 15 is 0 Å². The first kappa shape index (κ1) is 21.8. The van der Waals surface area contributed by atoms with Crippen LogP contribution >= 0.6 is 0 Å². The summed E-state index contributed by atoms with van der Waals surface area (Å²) in [5, 5.41) is 0. The summed E-state index contributed by atoms with van der Waals surface area (Å²) in [6, 6.07) is 7.95. The van der Waals surface area contributed by atoms with Crippen LogP contribution in [0.1, 0.15) is 61.9 Å². The van der Waals surface area contributed by atoms with E-state index in [1.807, 2.05) is 41.1 Å². The Morgan fingerprint density at radius 3 is 2.21 bits per heavy atom. The molecule has 1 saturated carbocycles. The predicted molar refractivity (Wildman–Crippen MR) is 117 cm³/mol. The molecule has 3 rings (SSSR count). The number of piperazine rings is 1. The minimum atomic E-state index is -0.0184. The lowest BCUT2D eigenvalue weighted by Gasteiger charge is -2.42. The maximum atomic E-state index is 13.2. The first-order valence-corrected chi connectivity index (χ1v) is 11.4. The molecule has 2 amide bonds. The van der Waals surface area contributed by atoms with E-state index in [0.29, 0.717) is 19.0 Å². The van der Waals surface area contributed by atoms with Crippen molar-refractivity contribution in [1.29, 1.82) is 0 Å². The Morgan fingerprint density at radius 1 is 1.03 bits per heavy atom. The van der Waals surface area contributed by atoms with Gasteiger partial charge in [-0.15, -0.1) is 0 Å². The van der Waals surface area contributed by atoms with E-state index < -0.39 is 0 Å². The topological polar surface area (TPSA) is 43.9 Å². The number of carbonyl (C=O) groups excluding carboxylic acids is 2. The number of likely N-dealkylation sites (N-methyl/N-ethyl adjacent to an activating group) is 1. The van der Waals surface area contributed by atoms with Gasteiger partial charge in [0.1, 0.15) is 0 Å². The van der Waals surface area contributed by atoms with Crippen molar-refractivity contribution in [2.24, 2.45) is 5.92 Å². The molecule has 1 aliphatic carbocycles. The van der Waals surface area contributed by atoms with E-state index in [1.54, 1.807) is 0 Å². The molecule has 160 valence electrons. The summed E-state index contributed by atoms with van der Waals surface area (Å²) < 4.78 is 0. The van der Waals surface area contributed by atoms with Gasteiger partial charge >= 0.3 is 0 Å². The normalized spacial score (nSPS) is 19.3. The molecule has 0 spiro atoms. The van der Waals surface area contributed by atoms with Crippen LogP contribution in [0, 0.1) is 5.92 Å². The van der Waals surface area contributed by atoms with E-state index in [1.165, 1.54) is 18.4 Å². The number of benzene rings is 1. The van der Waals surface area contributed by atoms with Crippen molar-refractivity contribution in [2.75, 3.05) is 39.8 Å². The molecule has 1 aromatic rings. The quantitative estimate of drug-likeness (QED) is 0.706. The van der Waals surface area contributed by atoms with Crippen molar-refractivity contribution >= 4 is 11.8 Å². The van der Waals surface area contributed by atoms with Crippen molar-refractivity contribution < 1.29 is 9.59 Å². The van der Waals surface area contributed by atoms with Crippen molar-refractivity contribution in [2.45, 2.75) is 58.4 Å². The standard InChI is InChI=1S/C24H37N3O2/c1-4-14-25(3)24(29)22(20-8-6-7-9-20)26-15-17-27(18-16-26)23(28)21-12-10-19(5-2)11-13-21/h10-13,20,22H,4-9,14-18H2,1-3H3. The molecule has 0 bridgehead atoms. The van der Waals surface area contributed by atoms with Crippen molar-refractivity contribution in [3.63, 3.8) is 0 Å². The fourth-order valence-corrected chi connectivity index (χ4v) is 4.87. The van der Waals surface area contributed by atoms with Gasteiger partial charge in [0, 0.05) is 45.3 Å². The van der Waals surface area contributed by atoms with Gasteiger partial charge in [-0.2, -0.15) is 0 Å². The van der Waals surface area contributed by atoms with Gasteiger partial charge in [0.05, 0.1) is 6.04 Å². The summed E-state index contributed by atoms with van der Waals surface area (Å²) >= 11 is 0. The maximum absolute atomic E-state index is 13.2. The van der Waals surface area contributed by atoms with E-state index in [9.17, 15) is 9.59 Å². The van der Waals surface area contributed by atoms with Crippen LogP contribution in [0.25, 0.3) is 0 Å². The Kier molecular flexibility index (Phi) is 7.70. The predicted octanol–water partition coefficient (Wildman–Crippen LogP) is 3.43. The molecular formula is C24H37N3O2. The van der Waals surface area contributed by atoms with Crippen LogP contribution in [-0.2, 0) is 11.2 Å². The van der Waals surface area contributed by atoms with Crippen LogP contribution in [0.2, 0.25) is 0 Å². The summed E-state index contributed by atoms with van der Waals surface area (Å²) in [5.74, 6) is 0.846. The molecule has 0 N–H and O–H groups in total. The van der Waals surface area contributed by atoms with Crippen LogP contribution in [0.15, 0.2) is 24.3 Å². The van der Waals surface area contributed by atoms with Crippen LogP contribution < -0.4 is 0 Å². The highest BCUT2D eigenvalue weighted by molar-refractivity contribution is 5.94. The molecule has 1 atom stereocenters. The molecule has 0 radical (unpaired) electrons. The lowest BCUT2D eigenvalue weighted by molar-refractivity contribution is -0.138. The monoisotopic (exact) mass is 399 g/mol. The van der Waals surface area contributed by atoms with Crippen molar-refractivity contribution in [1.82, 2.24) is 14.7 Å². The fourth-order valence-electron chi connectivity index (χ4n) is 4.87. The number of hydrogen-bond donors (Lipinski definition) is 0. The minimum Gasteiger partial charge on any atom is -0.344 e. The zero-order valence-electron chi connectivity index (χ0n) is 18.4. The average molecular weight is 400 g/mol. The Morgan fingerprint density at radius 2 is 1.66 bits per heavy atom. The minimum absolute atomic E-state index is 0.0184. The van der Waals surface area contributed by atoms with Gasteiger partial charge in [-0.05, 0) is 49.3 Å². The number of amides is 2. The average Bonchev–Trinajstić information content (AvgIpc) is 3.28. The molecular weight excluding hydrogens is 362 g/mol. The highest BCUT2D eigenvalue weighted by Gasteiger charge is 2.38. The van der Waals surface area contributed by atoms with Crippen LogP contribution in [0.5, 0.6) is 0 Å². The molecule has 2 aliphatic rings. The highest BCUT2D eigenvalue weighted by atomic mass is 16.2. The highest BCUT2D eigenvalue weighted by Crippen LogP contribution is 2.32. The number of carbonyl (C=O) groups is 2. The second-order valence-corrected chi connectivity index (χ2v) is 8.63. The first-order chi connectivity index (χ1) is 14.0. The van der Waals surface area contributed by atoms with Gasteiger partial charge in [-0.25, -0.2) is 0 Å². The van der Waals surface area contributed by atoms with E-state index in [4.69, 9.17) is 0 Å². The van der Waals surface area contributed by atoms with Gasteiger partial charge < -0.3 is 9.80 Å². The van der Waals surface area contributed by atoms with E-state index in [2.05, 4.69) is 18.7 Å². The maximum Gasteiger partial charge on any atom is 0.253 e. The largest absolute Gasteiger partial charge is 0.344 e. The molecule has 0 aromatic heterocycles. The number of rotatable bonds is 7.